The molecule has 2 aromatic carbocycles. The Bertz CT molecular complexity index is 1500. The number of aryl methyl sites for hydroxylation is 3. The second-order valence-corrected chi connectivity index (χ2v) is 12.5. The molecule has 2 aliphatic rings. The Morgan fingerprint density at radius 1 is 0.891 bits per heavy atom. The summed E-state index contributed by atoms with van der Waals surface area (Å²) >= 11 is 0. The van der Waals surface area contributed by atoms with Crippen LogP contribution < -0.4 is 9.80 Å². The SMILES string of the molecule is CCN(C[C@H]1CC[C@H](C(=O)O)CC1)c1cc2c(cc1CN(Cc1cc(C(F)(F)F)cc(C(F)(F)F)c1)c1ncn(C)n1)CCCC2. The number of fused-ring (bicyclic) bond motifs is 1. The van der Waals surface area contributed by atoms with Crippen molar-refractivity contribution in [3.8, 4) is 0 Å². The molecule has 1 heterocycles. The van der Waals surface area contributed by atoms with Gasteiger partial charge >= 0.3 is 18.3 Å². The van der Waals surface area contributed by atoms with Gasteiger partial charge in [0.05, 0.1) is 17.0 Å². The first-order valence-electron chi connectivity index (χ1n) is 15.7. The first-order chi connectivity index (χ1) is 21.7. The summed E-state index contributed by atoms with van der Waals surface area (Å²) in [6.45, 7) is 3.32. The van der Waals surface area contributed by atoms with Gasteiger partial charge in [0.15, 0.2) is 0 Å². The predicted molar refractivity (Wildman–Crippen MR) is 161 cm³/mol. The highest BCUT2D eigenvalue weighted by molar-refractivity contribution is 5.70. The Balaban J connectivity index is 1.51. The van der Waals surface area contributed by atoms with Gasteiger partial charge in [-0.25, -0.2) is 4.98 Å². The molecule has 2 aliphatic carbocycles. The Kier molecular flexibility index (Phi) is 9.88. The van der Waals surface area contributed by atoms with Crippen molar-refractivity contribution in [2.24, 2.45) is 18.9 Å². The van der Waals surface area contributed by atoms with Gasteiger partial charge in [0.25, 0.3) is 0 Å². The van der Waals surface area contributed by atoms with E-state index in [1.165, 1.54) is 22.1 Å². The molecule has 46 heavy (non-hydrogen) atoms. The van der Waals surface area contributed by atoms with Gasteiger partial charge < -0.3 is 14.9 Å². The number of carboxylic acids is 1. The minimum absolute atomic E-state index is 0.136. The van der Waals surface area contributed by atoms with Crippen LogP contribution in [0.1, 0.15) is 78.8 Å². The van der Waals surface area contributed by atoms with E-state index < -0.39 is 29.4 Å². The lowest BCUT2D eigenvalue weighted by Crippen LogP contribution is -2.34. The van der Waals surface area contributed by atoms with Crippen molar-refractivity contribution < 1.29 is 36.2 Å². The van der Waals surface area contributed by atoms with E-state index in [1.807, 2.05) is 6.92 Å². The van der Waals surface area contributed by atoms with Crippen LogP contribution in [-0.4, -0.2) is 38.9 Å². The molecule has 0 amide bonds. The molecular weight excluding hydrogens is 612 g/mol. The molecule has 0 radical (unpaired) electrons. The zero-order valence-electron chi connectivity index (χ0n) is 26.0. The normalized spacial score (nSPS) is 18.7. The lowest BCUT2D eigenvalue weighted by atomic mass is 9.81. The van der Waals surface area contributed by atoms with Gasteiger partial charge in [-0.05, 0) is 111 Å². The summed E-state index contributed by atoms with van der Waals surface area (Å²) in [5, 5.41) is 13.8. The number of carbonyl (C=O) groups is 1. The molecule has 13 heteroatoms. The third-order valence-corrected chi connectivity index (χ3v) is 9.19. The zero-order chi connectivity index (χ0) is 33.2. The van der Waals surface area contributed by atoms with E-state index in [0.717, 1.165) is 68.5 Å². The van der Waals surface area contributed by atoms with E-state index in [9.17, 15) is 36.2 Å². The Labute approximate surface area is 264 Å². The Hall–Kier alpha value is -3.77. The number of benzene rings is 2. The summed E-state index contributed by atoms with van der Waals surface area (Å²) in [6.07, 6.45) is -1.70. The number of alkyl halides is 6. The number of hydrogen-bond acceptors (Lipinski definition) is 5. The molecule has 1 fully saturated rings. The number of nitrogens with zero attached hydrogens (tertiary/aromatic N) is 5. The molecule has 7 nitrogen and oxygen atoms in total. The number of halogens is 6. The number of carboxylic acid groups (broad SMARTS) is 1. The predicted octanol–water partition coefficient (Wildman–Crippen LogP) is 7.66. The van der Waals surface area contributed by atoms with E-state index in [0.29, 0.717) is 25.3 Å². The summed E-state index contributed by atoms with van der Waals surface area (Å²) in [7, 11) is 1.64. The van der Waals surface area contributed by atoms with Crippen LogP contribution in [0.4, 0.5) is 38.0 Å². The van der Waals surface area contributed by atoms with Crippen LogP contribution in [0.15, 0.2) is 36.7 Å². The fourth-order valence-corrected chi connectivity index (χ4v) is 6.75. The Morgan fingerprint density at radius 3 is 2.02 bits per heavy atom. The van der Waals surface area contributed by atoms with Gasteiger partial charge in [-0.3, -0.25) is 9.48 Å². The highest BCUT2D eigenvalue weighted by Gasteiger charge is 2.37. The van der Waals surface area contributed by atoms with Crippen molar-refractivity contribution in [1.29, 1.82) is 0 Å². The first-order valence-corrected chi connectivity index (χ1v) is 15.7. The maximum Gasteiger partial charge on any atom is 0.416 e. The summed E-state index contributed by atoms with van der Waals surface area (Å²) < 4.78 is 83.6. The van der Waals surface area contributed by atoms with Crippen LogP contribution in [0.3, 0.4) is 0 Å². The fourth-order valence-electron chi connectivity index (χ4n) is 6.75. The third-order valence-electron chi connectivity index (χ3n) is 9.19. The molecule has 0 saturated heterocycles. The van der Waals surface area contributed by atoms with Gasteiger partial charge in [0.2, 0.25) is 5.95 Å². The number of hydrogen-bond donors (Lipinski definition) is 1. The number of rotatable bonds is 10. The van der Waals surface area contributed by atoms with Crippen LogP contribution in [0.2, 0.25) is 0 Å². The lowest BCUT2D eigenvalue weighted by Gasteiger charge is -2.35. The quantitative estimate of drug-likeness (QED) is 0.227. The second kappa shape index (κ2) is 13.5. The molecule has 0 aliphatic heterocycles. The zero-order valence-corrected chi connectivity index (χ0v) is 26.0. The van der Waals surface area contributed by atoms with E-state index >= 15 is 0 Å². The van der Waals surface area contributed by atoms with E-state index in [4.69, 9.17) is 0 Å². The van der Waals surface area contributed by atoms with Crippen molar-refractivity contribution in [3.05, 3.63) is 70.0 Å². The maximum absolute atomic E-state index is 13.7. The maximum atomic E-state index is 13.7. The van der Waals surface area contributed by atoms with Gasteiger partial charge in [0.1, 0.15) is 6.33 Å². The van der Waals surface area contributed by atoms with Gasteiger partial charge in [-0.2, -0.15) is 26.3 Å². The summed E-state index contributed by atoms with van der Waals surface area (Å²) in [6, 6.07) is 5.95. The molecular formula is C33H39F6N5O2. The molecule has 0 spiro atoms. The average molecular weight is 652 g/mol. The molecule has 1 aromatic heterocycles. The minimum atomic E-state index is -4.96. The van der Waals surface area contributed by atoms with E-state index in [2.05, 4.69) is 27.1 Å². The highest BCUT2D eigenvalue weighted by Crippen LogP contribution is 2.38. The largest absolute Gasteiger partial charge is 0.481 e. The topological polar surface area (TPSA) is 74.5 Å². The van der Waals surface area contributed by atoms with Crippen molar-refractivity contribution in [3.63, 3.8) is 0 Å². The van der Waals surface area contributed by atoms with E-state index in [1.54, 1.807) is 11.9 Å². The van der Waals surface area contributed by atoms with Crippen molar-refractivity contribution >= 4 is 17.6 Å². The monoisotopic (exact) mass is 651 g/mol. The van der Waals surface area contributed by atoms with Crippen LogP contribution in [0.25, 0.3) is 0 Å². The summed E-state index contributed by atoms with van der Waals surface area (Å²) in [5.41, 5.74) is 1.40. The van der Waals surface area contributed by atoms with Crippen LogP contribution >= 0.6 is 0 Å². The first kappa shape index (κ1) is 33.6. The molecule has 0 atom stereocenters. The van der Waals surface area contributed by atoms with E-state index in [-0.39, 0.29) is 36.6 Å². The molecule has 1 saturated carbocycles. The average Bonchev–Trinajstić information content (AvgIpc) is 3.44. The number of anilines is 2. The van der Waals surface area contributed by atoms with Gasteiger partial charge in [-0.15, -0.1) is 5.10 Å². The molecule has 1 N–H and O–H groups in total. The molecule has 3 aromatic rings. The standard InChI is InChI=1S/C33H39F6N5O2/c1-3-43(17-21-8-10-23(11-9-21)30(45)46)29-15-25-7-5-4-6-24(25)14-26(29)19-44(31-40-20-42(2)41-31)18-22-12-27(32(34,35)36)16-28(13-22)33(37,38)39/h12-16,20-21,23H,3-11,17-19H2,1-2H3,(H,45,46)/t21-,23-. The summed E-state index contributed by atoms with van der Waals surface area (Å²) in [5.74, 6) is -0.584. The molecule has 250 valence electrons. The molecule has 0 bridgehead atoms. The minimum Gasteiger partial charge on any atom is -0.481 e. The highest BCUT2D eigenvalue weighted by atomic mass is 19.4. The molecule has 0 unspecified atom stereocenters. The number of aromatic nitrogens is 3. The van der Waals surface area contributed by atoms with Crippen LogP contribution in [0, 0.1) is 11.8 Å². The van der Waals surface area contributed by atoms with Crippen LogP contribution in [0.5, 0.6) is 0 Å². The van der Waals surface area contributed by atoms with Crippen molar-refractivity contribution in [1.82, 2.24) is 14.8 Å². The van der Waals surface area contributed by atoms with Crippen LogP contribution in [-0.2, 0) is 50.1 Å². The smallest absolute Gasteiger partial charge is 0.416 e. The Morgan fingerprint density at radius 2 is 1.50 bits per heavy atom. The third kappa shape index (κ3) is 7.95. The number of aliphatic carboxylic acids is 1. The van der Waals surface area contributed by atoms with Gasteiger partial charge in [0, 0.05) is 38.9 Å². The second-order valence-electron chi connectivity index (χ2n) is 12.5. The van der Waals surface area contributed by atoms with Crippen molar-refractivity contribution in [2.45, 2.75) is 83.7 Å². The lowest BCUT2D eigenvalue weighted by molar-refractivity contribution is -0.144. The fraction of sp³-hybridized carbons (Fsp3) is 0.545. The van der Waals surface area contributed by atoms with Gasteiger partial charge in [-0.1, -0.05) is 6.07 Å². The van der Waals surface area contributed by atoms with Crippen molar-refractivity contribution in [2.75, 3.05) is 22.9 Å². The summed E-state index contributed by atoms with van der Waals surface area (Å²) in [4.78, 5) is 19.7. The molecule has 5 rings (SSSR count).